The van der Waals surface area contributed by atoms with Crippen LogP contribution in [0, 0.1) is 0 Å². The molecule has 1 aromatic rings. The van der Waals surface area contributed by atoms with Crippen molar-refractivity contribution in [2.24, 2.45) is 0 Å². The van der Waals surface area contributed by atoms with Crippen LogP contribution in [0.25, 0.3) is 6.08 Å². The first-order valence-corrected chi connectivity index (χ1v) is 6.35. The van der Waals surface area contributed by atoms with Gasteiger partial charge in [-0.05, 0) is 31.6 Å². The number of hydrogen-bond donors (Lipinski definition) is 1. The molecule has 1 atom stereocenters. The van der Waals surface area contributed by atoms with Gasteiger partial charge in [0.2, 0.25) is 0 Å². The van der Waals surface area contributed by atoms with Crippen molar-refractivity contribution in [3.8, 4) is 0 Å². The predicted molar refractivity (Wildman–Crippen MR) is 77.5 cm³/mol. The maximum Gasteiger partial charge on any atom is 0.328 e. The highest BCUT2D eigenvalue weighted by molar-refractivity contribution is 5.87. The average molecular weight is 263 g/mol. The Bertz CT molecular complexity index is 443. The van der Waals surface area contributed by atoms with Gasteiger partial charge in [-0.15, -0.1) is 0 Å². The van der Waals surface area contributed by atoms with Crippen LogP contribution >= 0.6 is 0 Å². The van der Waals surface area contributed by atoms with Crippen LogP contribution in [0.15, 0.2) is 30.3 Å². The Hall–Kier alpha value is -1.81. The number of nitrogens with zero attached hydrogens (tertiary/aromatic N) is 1. The SMILES string of the molecule is CCN(c1ccccc1C=CC(=O)O)C(C)COC. The van der Waals surface area contributed by atoms with E-state index in [-0.39, 0.29) is 6.04 Å². The molecule has 0 saturated heterocycles. The zero-order valence-electron chi connectivity index (χ0n) is 11.7. The number of hydrogen-bond acceptors (Lipinski definition) is 3. The number of likely N-dealkylation sites (N-methyl/N-ethyl adjacent to an activating group) is 1. The highest BCUT2D eigenvalue weighted by Crippen LogP contribution is 2.23. The Morgan fingerprint density at radius 2 is 2.16 bits per heavy atom. The van der Waals surface area contributed by atoms with Crippen LogP contribution in [0.2, 0.25) is 0 Å². The van der Waals surface area contributed by atoms with Gasteiger partial charge in [0.25, 0.3) is 0 Å². The highest BCUT2D eigenvalue weighted by Gasteiger charge is 2.14. The van der Waals surface area contributed by atoms with E-state index >= 15 is 0 Å². The zero-order chi connectivity index (χ0) is 14.3. The summed E-state index contributed by atoms with van der Waals surface area (Å²) < 4.78 is 5.19. The molecule has 19 heavy (non-hydrogen) atoms. The number of methoxy groups -OCH3 is 1. The molecule has 0 bridgehead atoms. The standard InChI is InChI=1S/C15H21NO3/c1-4-16(12(2)11-19-3)14-8-6-5-7-13(14)9-10-15(17)18/h5-10,12H,4,11H2,1-3H3,(H,17,18). The van der Waals surface area contributed by atoms with E-state index in [1.807, 2.05) is 24.3 Å². The van der Waals surface area contributed by atoms with Gasteiger partial charge in [-0.3, -0.25) is 0 Å². The summed E-state index contributed by atoms with van der Waals surface area (Å²) in [6, 6.07) is 8.00. The fraction of sp³-hybridized carbons (Fsp3) is 0.400. The summed E-state index contributed by atoms with van der Waals surface area (Å²) in [5.74, 6) is -0.942. The van der Waals surface area contributed by atoms with Gasteiger partial charge in [0, 0.05) is 31.5 Å². The molecule has 0 saturated carbocycles. The van der Waals surface area contributed by atoms with Crippen molar-refractivity contribution >= 4 is 17.7 Å². The first-order valence-electron chi connectivity index (χ1n) is 6.35. The summed E-state index contributed by atoms with van der Waals surface area (Å²) in [7, 11) is 1.68. The zero-order valence-corrected chi connectivity index (χ0v) is 11.7. The lowest BCUT2D eigenvalue weighted by atomic mass is 10.1. The summed E-state index contributed by atoms with van der Waals surface area (Å²) in [6.45, 7) is 5.63. The number of carboxylic acids is 1. The Kier molecular flexibility index (Phi) is 6.09. The third-order valence-corrected chi connectivity index (χ3v) is 2.93. The van der Waals surface area contributed by atoms with Gasteiger partial charge >= 0.3 is 5.97 Å². The molecular formula is C15H21NO3. The van der Waals surface area contributed by atoms with E-state index in [2.05, 4.69) is 18.7 Å². The third kappa shape index (κ3) is 4.41. The molecule has 4 heteroatoms. The molecule has 0 aliphatic carbocycles. The number of para-hydroxylation sites is 1. The number of anilines is 1. The summed E-state index contributed by atoms with van der Waals surface area (Å²) in [6.07, 6.45) is 2.79. The minimum atomic E-state index is -0.942. The quantitative estimate of drug-likeness (QED) is 0.768. The fourth-order valence-corrected chi connectivity index (χ4v) is 2.10. The second-order valence-electron chi connectivity index (χ2n) is 4.32. The molecule has 0 aliphatic heterocycles. The molecule has 0 aromatic heterocycles. The number of ether oxygens (including phenoxy) is 1. The van der Waals surface area contributed by atoms with Crippen molar-refractivity contribution in [1.29, 1.82) is 0 Å². The van der Waals surface area contributed by atoms with Crippen molar-refractivity contribution in [3.63, 3.8) is 0 Å². The maximum absolute atomic E-state index is 10.6. The van der Waals surface area contributed by atoms with Crippen LogP contribution in [0.5, 0.6) is 0 Å². The van der Waals surface area contributed by atoms with Crippen molar-refractivity contribution in [2.75, 3.05) is 25.2 Å². The Morgan fingerprint density at radius 3 is 2.74 bits per heavy atom. The third-order valence-electron chi connectivity index (χ3n) is 2.93. The topological polar surface area (TPSA) is 49.8 Å². The van der Waals surface area contributed by atoms with Crippen LogP contribution in [0.4, 0.5) is 5.69 Å². The number of aliphatic carboxylic acids is 1. The summed E-state index contributed by atoms with van der Waals surface area (Å²) in [5.41, 5.74) is 1.92. The maximum atomic E-state index is 10.6. The Morgan fingerprint density at radius 1 is 1.47 bits per heavy atom. The van der Waals surface area contributed by atoms with E-state index in [1.54, 1.807) is 13.2 Å². The van der Waals surface area contributed by atoms with Crippen molar-refractivity contribution in [1.82, 2.24) is 0 Å². The van der Waals surface area contributed by atoms with E-state index in [1.165, 1.54) is 0 Å². The molecule has 0 radical (unpaired) electrons. The molecule has 104 valence electrons. The van der Waals surface area contributed by atoms with Gasteiger partial charge in [0.15, 0.2) is 0 Å². The number of carbonyl (C=O) groups is 1. The molecule has 1 rings (SSSR count). The van der Waals surface area contributed by atoms with E-state index in [4.69, 9.17) is 9.84 Å². The lowest BCUT2D eigenvalue weighted by molar-refractivity contribution is -0.131. The molecule has 0 fully saturated rings. The second-order valence-corrected chi connectivity index (χ2v) is 4.32. The molecular weight excluding hydrogens is 242 g/mol. The predicted octanol–water partition coefficient (Wildman–Crippen LogP) is 2.65. The molecule has 0 heterocycles. The van der Waals surface area contributed by atoms with Crippen LogP contribution in [-0.2, 0) is 9.53 Å². The second kappa shape index (κ2) is 7.59. The molecule has 1 N–H and O–H groups in total. The van der Waals surface area contributed by atoms with Gasteiger partial charge in [-0.2, -0.15) is 0 Å². The largest absolute Gasteiger partial charge is 0.478 e. The van der Waals surface area contributed by atoms with Crippen LogP contribution in [0.1, 0.15) is 19.4 Å². The van der Waals surface area contributed by atoms with Crippen molar-refractivity contribution < 1.29 is 14.6 Å². The number of rotatable bonds is 7. The Labute approximate surface area is 114 Å². The van der Waals surface area contributed by atoms with Crippen LogP contribution in [-0.4, -0.2) is 37.4 Å². The van der Waals surface area contributed by atoms with Gasteiger partial charge in [-0.1, -0.05) is 18.2 Å². The van der Waals surface area contributed by atoms with E-state index in [0.29, 0.717) is 6.61 Å². The fourth-order valence-electron chi connectivity index (χ4n) is 2.10. The van der Waals surface area contributed by atoms with Crippen LogP contribution < -0.4 is 4.90 Å². The number of carboxylic acid groups (broad SMARTS) is 1. The highest BCUT2D eigenvalue weighted by atomic mass is 16.5. The van der Waals surface area contributed by atoms with Crippen molar-refractivity contribution in [3.05, 3.63) is 35.9 Å². The lowest BCUT2D eigenvalue weighted by Gasteiger charge is -2.31. The minimum Gasteiger partial charge on any atom is -0.478 e. The van der Waals surface area contributed by atoms with Gasteiger partial charge < -0.3 is 14.7 Å². The summed E-state index contributed by atoms with van der Waals surface area (Å²) in [5, 5.41) is 8.73. The first kappa shape index (κ1) is 15.2. The van der Waals surface area contributed by atoms with Crippen molar-refractivity contribution in [2.45, 2.75) is 19.9 Å². The van der Waals surface area contributed by atoms with Gasteiger partial charge in [-0.25, -0.2) is 4.79 Å². The van der Waals surface area contributed by atoms with Crippen LogP contribution in [0.3, 0.4) is 0 Å². The molecule has 0 amide bonds. The average Bonchev–Trinajstić information content (AvgIpc) is 2.38. The lowest BCUT2D eigenvalue weighted by Crippen LogP contribution is -2.36. The Balaban J connectivity index is 3.06. The molecule has 4 nitrogen and oxygen atoms in total. The minimum absolute atomic E-state index is 0.231. The smallest absolute Gasteiger partial charge is 0.328 e. The monoisotopic (exact) mass is 263 g/mol. The molecule has 0 aliphatic rings. The number of benzene rings is 1. The molecule has 0 spiro atoms. The van der Waals surface area contributed by atoms with E-state index in [9.17, 15) is 4.79 Å². The normalized spacial score (nSPS) is 12.6. The van der Waals surface area contributed by atoms with E-state index in [0.717, 1.165) is 23.9 Å². The molecule has 1 unspecified atom stereocenters. The van der Waals surface area contributed by atoms with Gasteiger partial charge in [0.05, 0.1) is 6.61 Å². The summed E-state index contributed by atoms with van der Waals surface area (Å²) >= 11 is 0. The van der Waals surface area contributed by atoms with E-state index < -0.39 is 5.97 Å². The molecule has 1 aromatic carbocycles. The first-order chi connectivity index (χ1) is 9.10. The summed E-state index contributed by atoms with van der Waals surface area (Å²) in [4.78, 5) is 12.8. The van der Waals surface area contributed by atoms with Gasteiger partial charge in [0.1, 0.15) is 0 Å².